The molecule has 2 aromatic rings. The average molecular weight is 327 g/mol. The first-order valence-electron chi connectivity index (χ1n) is 8.59. The Labute approximate surface area is 143 Å². The molecule has 0 radical (unpaired) electrons. The van der Waals surface area contributed by atoms with Gasteiger partial charge < -0.3 is 9.42 Å². The number of benzene rings is 1. The SMILES string of the molecule is Cc1noc(C)c1CC(=O)N1CCCN(Cc2ccccc2)CC1. The number of rotatable bonds is 4. The molecule has 0 spiro atoms. The molecule has 1 aliphatic rings. The molecule has 0 N–H and O–H groups in total. The zero-order chi connectivity index (χ0) is 16.9. The number of hydrogen-bond acceptors (Lipinski definition) is 4. The van der Waals surface area contributed by atoms with Crippen LogP contribution in [0.15, 0.2) is 34.9 Å². The number of aryl methyl sites for hydroxylation is 2. The van der Waals surface area contributed by atoms with E-state index in [0.717, 1.165) is 56.2 Å². The molecule has 1 aliphatic heterocycles. The van der Waals surface area contributed by atoms with Gasteiger partial charge in [0, 0.05) is 38.3 Å². The van der Waals surface area contributed by atoms with Crippen LogP contribution in [0.25, 0.3) is 0 Å². The molecule has 1 saturated heterocycles. The summed E-state index contributed by atoms with van der Waals surface area (Å²) in [5.41, 5.74) is 3.08. The number of carbonyl (C=O) groups excluding carboxylic acids is 1. The Hall–Kier alpha value is -2.14. The van der Waals surface area contributed by atoms with Crippen LogP contribution in [0.2, 0.25) is 0 Å². The summed E-state index contributed by atoms with van der Waals surface area (Å²) < 4.78 is 5.16. The van der Waals surface area contributed by atoms with E-state index in [4.69, 9.17) is 4.52 Å². The molecule has 1 aromatic heterocycles. The maximum atomic E-state index is 12.6. The van der Waals surface area contributed by atoms with Gasteiger partial charge in [0.1, 0.15) is 5.76 Å². The summed E-state index contributed by atoms with van der Waals surface area (Å²) in [7, 11) is 0. The smallest absolute Gasteiger partial charge is 0.227 e. The maximum Gasteiger partial charge on any atom is 0.227 e. The molecule has 1 amide bonds. The molecular formula is C19H25N3O2. The summed E-state index contributed by atoms with van der Waals surface area (Å²) in [6, 6.07) is 10.5. The van der Waals surface area contributed by atoms with E-state index in [1.54, 1.807) is 0 Å². The quantitative estimate of drug-likeness (QED) is 0.866. The minimum atomic E-state index is 0.172. The lowest BCUT2D eigenvalue weighted by Gasteiger charge is -2.22. The van der Waals surface area contributed by atoms with Crippen LogP contribution in [0, 0.1) is 13.8 Å². The summed E-state index contributed by atoms with van der Waals surface area (Å²) in [6.45, 7) is 8.28. The van der Waals surface area contributed by atoms with Gasteiger partial charge >= 0.3 is 0 Å². The van der Waals surface area contributed by atoms with Crippen molar-refractivity contribution >= 4 is 5.91 Å². The van der Waals surface area contributed by atoms with Crippen LogP contribution in [0.1, 0.15) is 29.0 Å². The maximum absolute atomic E-state index is 12.6. The second-order valence-electron chi connectivity index (χ2n) is 6.48. The molecule has 0 unspecified atom stereocenters. The third kappa shape index (κ3) is 4.03. The fourth-order valence-electron chi connectivity index (χ4n) is 3.24. The van der Waals surface area contributed by atoms with E-state index in [0.29, 0.717) is 6.42 Å². The first kappa shape index (κ1) is 16.7. The highest BCUT2D eigenvalue weighted by Crippen LogP contribution is 2.15. The van der Waals surface area contributed by atoms with E-state index in [1.807, 2.05) is 24.8 Å². The van der Waals surface area contributed by atoms with Crippen molar-refractivity contribution in [2.24, 2.45) is 0 Å². The summed E-state index contributed by atoms with van der Waals surface area (Å²) in [4.78, 5) is 17.0. The predicted octanol–water partition coefficient (Wildman–Crippen LogP) is 2.57. The fourth-order valence-corrected chi connectivity index (χ4v) is 3.24. The first-order valence-corrected chi connectivity index (χ1v) is 8.59. The van der Waals surface area contributed by atoms with Crippen molar-refractivity contribution in [3.8, 4) is 0 Å². The van der Waals surface area contributed by atoms with Gasteiger partial charge in [0.25, 0.3) is 0 Å². The Balaban J connectivity index is 1.56. The van der Waals surface area contributed by atoms with Crippen LogP contribution in [0.3, 0.4) is 0 Å². The van der Waals surface area contributed by atoms with Gasteiger partial charge in [-0.1, -0.05) is 35.5 Å². The number of carbonyl (C=O) groups is 1. The zero-order valence-corrected chi connectivity index (χ0v) is 14.5. The average Bonchev–Trinajstić information content (AvgIpc) is 2.79. The van der Waals surface area contributed by atoms with E-state index in [1.165, 1.54) is 5.56 Å². The molecule has 24 heavy (non-hydrogen) atoms. The van der Waals surface area contributed by atoms with Gasteiger partial charge in [0.15, 0.2) is 0 Å². The van der Waals surface area contributed by atoms with Crippen LogP contribution in [-0.4, -0.2) is 47.0 Å². The lowest BCUT2D eigenvalue weighted by Crippen LogP contribution is -2.36. The van der Waals surface area contributed by atoms with E-state index >= 15 is 0 Å². The van der Waals surface area contributed by atoms with Crippen molar-refractivity contribution in [1.82, 2.24) is 15.0 Å². The second-order valence-corrected chi connectivity index (χ2v) is 6.48. The molecule has 3 rings (SSSR count). The lowest BCUT2D eigenvalue weighted by atomic mass is 10.1. The zero-order valence-electron chi connectivity index (χ0n) is 14.5. The monoisotopic (exact) mass is 327 g/mol. The van der Waals surface area contributed by atoms with Crippen molar-refractivity contribution < 1.29 is 9.32 Å². The van der Waals surface area contributed by atoms with E-state index in [2.05, 4.69) is 34.3 Å². The highest BCUT2D eigenvalue weighted by Gasteiger charge is 2.21. The van der Waals surface area contributed by atoms with Crippen molar-refractivity contribution in [1.29, 1.82) is 0 Å². The molecule has 5 heteroatoms. The van der Waals surface area contributed by atoms with Crippen LogP contribution in [0.4, 0.5) is 0 Å². The second kappa shape index (κ2) is 7.62. The number of nitrogens with zero attached hydrogens (tertiary/aromatic N) is 3. The van der Waals surface area contributed by atoms with Crippen molar-refractivity contribution in [2.45, 2.75) is 33.2 Å². The van der Waals surface area contributed by atoms with Crippen LogP contribution in [-0.2, 0) is 17.8 Å². The Morgan fingerprint density at radius 2 is 1.92 bits per heavy atom. The van der Waals surface area contributed by atoms with Crippen molar-refractivity contribution in [3.05, 3.63) is 52.9 Å². The number of aromatic nitrogens is 1. The third-order valence-electron chi connectivity index (χ3n) is 4.70. The Morgan fingerprint density at radius 3 is 2.62 bits per heavy atom. The van der Waals surface area contributed by atoms with E-state index < -0.39 is 0 Å². The summed E-state index contributed by atoms with van der Waals surface area (Å²) >= 11 is 0. The summed E-state index contributed by atoms with van der Waals surface area (Å²) in [6.07, 6.45) is 1.40. The highest BCUT2D eigenvalue weighted by molar-refractivity contribution is 5.79. The fraction of sp³-hybridized carbons (Fsp3) is 0.474. The van der Waals surface area contributed by atoms with Crippen LogP contribution < -0.4 is 0 Å². The molecule has 5 nitrogen and oxygen atoms in total. The largest absolute Gasteiger partial charge is 0.361 e. The topological polar surface area (TPSA) is 49.6 Å². The van der Waals surface area contributed by atoms with E-state index in [9.17, 15) is 4.79 Å². The van der Waals surface area contributed by atoms with Gasteiger partial charge in [0.05, 0.1) is 12.1 Å². The van der Waals surface area contributed by atoms with Crippen molar-refractivity contribution in [2.75, 3.05) is 26.2 Å². The van der Waals surface area contributed by atoms with Gasteiger partial charge in [-0.3, -0.25) is 9.69 Å². The summed E-state index contributed by atoms with van der Waals surface area (Å²) in [5, 5.41) is 3.94. The molecule has 2 heterocycles. The minimum absolute atomic E-state index is 0.172. The highest BCUT2D eigenvalue weighted by atomic mass is 16.5. The van der Waals surface area contributed by atoms with Gasteiger partial charge in [-0.25, -0.2) is 0 Å². The molecule has 1 fully saturated rings. The lowest BCUT2D eigenvalue weighted by molar-refractivity contribution is -0.130. The first-order chi connectivity index (χ1) is 11.6. The third-order valence-corrected chi connectivity index (χ3v) is 4.70. The predicted molar refractivity (Wildman–Crippen MR) is 92.6 cm³/mol. The summed E-state index contributed by atoms with van der Waals surface area (Å²) in [5.74, 6) is 0.923. The van der Waals surface area contributed by atoms with Crippen molar-refractivity contribution in [3.63, 3.8) is 0 Å². The standard InChI is InChI=1S/C19H25N3O2/c1-15-18(16(2)24-20-15)13-19(23)22-10-6-9-21(11-12-22)14-17-7-4-3-5-8-17/h3-5,7-8H,6,9-14H2,1-2H3. The molecule has 0 aliphatic carbocycles. The van der Waals surface area contributed by atoms with Crippen LogP contribution >= 0.6 is 0 Å². The molecule has 0 saturated carbocycles. The Morgan fingerprint density at radius 1 is 1.12 bits per heavy atom. The van der Waals surface area contributed by atoms with E-state index in [-0.39, 0.29) is 5.91 Å². The molecular weight excluding hydrogens is 302 g/mol. The molecule has 1 aromatic carbocycles. The Kier molecular flexibility index (Phi) is 5.30. The number of amides is 1. The van der Waals surface area contributed by atoms with Gasteiger partial charge in [-0.2, -0.15) is 0 Å². The van der Waals surface area contributed by atoms with Gasteiger partial charge in [0.2, 0.25) is 5.91 Å². The Bertz CT molecular complexity index is 662. The molecule has 0 atom stereocenters. The minimum Gasteiger partial charge on any atom is -0.361 e. The molecule has 128 valence electrons. The molecule has 0 bridgehead atoms. The normalized spacial score (nSPS) is 16.2. The number of hydrogen-bond donors (Lipinski definition) is 0. The van der Waals surface area contributed by atoms with Crippen LogP contribution in [0.5, 0.6) is 0 Å². The van der Waals surface area contributed by atoms with Gasteiger partial charge in [-0.05, 0) is 25.8 Å². The van der Waals surface area contributed by atoms with Gasteiger partial charge in [-0.15, -0.1) is 0 Å².